The smallest absolute Gasteiger partial charge is 0.420 e. The summed E-state index contributed by atoms with van der Waals surface area (Å²) in [7, 11) is -3.98. The summed E-state index contributed by atoms with van der Waals surface area (Å²) in [6.07, 6.45) is -4.94. The molecule has 0 radical (unpaired) electrons. The molecule has 1 heterocycles. The van der Waals surface area contributed by atoms with E-state index in [1.807, 2.05) is 6.07 Å². The van der Waals surface area contributed by atoms with Crippen LogP contribution in [0.1, 0.15) is 11.1 Å². The highest BCUT2D eigenvalue weighted by molar-refractivity contribution is 7.89. The van der Waals surface area contributed by atoms with Crippen molar-refractivity contribution in [1.29, 1.82) is 5.26 Å². The molecule has 180 valence electrons. The van der Waals surface area contributed by atoms with E-state index in [-0.39, 0.29) is 36.6 Å². The number of sulfonamides is 1. The summed E-state index contributed by atoms with van der Waals surface area (Å²) in [5.74, 6) is -1.42. The molecule has 0 aromatic heterocycles. The van der Waals surface area contributed by atoms with Gasteiger partial charge < -0.3 is 9.64 Å². The van der Waals surface area contributed by atoms with Crippen molar-refractivity contribution >= 4 is 21.6 Å². The van der Waals surface area contributed by atoms with E-state index in [0.29, 0.717) is 6.07 Å². The number of nitriles is 1. The molecule has 1 fully saturated rings. The predicted octanol–water partition coefficient (Wildman–Crippen LogP) is 2.40. The Morgan fingerprint density at radius 2 is 1.79 bits per heavy atom. The molecule has 34 heavy (non-hydrogen) atoms. The Morgan fingerprint density at radius 1 is 1.15 bits per heavy atom. The third-order valence-corrected chi connectivity index (χ3v) is 7.00. The Bertz CT molecular complexity index is 1250. The number of piperazine rings is 1. The highest BCUT2D eigenvalue weighted by Gasteiger charge is 2.37. The molecular weight excluding hydrogens is 481 g/mol. The van der Waals surface area contributed by atoms with Crippen molar-refractivity contribution in [2.75, 3.05) is 32.8 Å². The van der Waals surface area contributed by atoms with Crippen LogP contribution in [0.5, 0.6) is 5.75 Å². The number of carbonyl (C=O) groups excluding carboxylic acids is 1. The molecule has 0 aliphatic carbocycles. The molecule has 0 spiro atoms. The third kappa shape index (κ3) is 5.26. The highest BCUT2D eigenvalue weighted by Crippen LogP contribution is 2.38. The zero-order valence-electron chi connectivity index (χ0n) is 17.4. The van der Waals surface area contributed by atoms with Crippen LogP contribution in [0.4, 0.5) is 18.9 Å². The first-order valence-electron chi connectivity index (χ1n) is 9.70. The number of benzene rings is 2. The number of ether oxygens (including phenoxy) is 1. The van der Waals surface area contributed by atoms with Crippen LogP contribution in [0, 0.1) is 21.4 Å². The third-order valence-electron chi connectivity index (χ3n) is 5.05. The number of carbonyl (C=O) groups is 1. The number of non-ortho nitro benzene ring substituents is 1. The molecule has 2 aromatic carbocycles. The molecule has 0 atom stereocenters. The summed E-state index contributed by atoms with van der Waals surface area (Å²) < 4.78 is 71.5. The van der Waals surface area contributed by atoms with Crippen LogP contribution in [0.15, 0.2) is 47.4 Å². The van der Waals surface area contributed by atoms with Crippen LogP contribution in [0.25, 0.3) is 0 Å². The van der Waals surface area contributed by atoms with E-state index in [4.69, 9.17) is 10.00 Å². The second kappa shape index (κ2) is 9.65. The molecule has 1 aliphatic heterocycles. The fourth-order valence-electron chi connectivity index (χ4n) is 3.31. The van der Waals surface area contributed by atoms with Crippen molar-refractivity contribution in [3.63, 3.8) is 0 Å². The van der Waals surface area contributed by atoms with Crippen molar-refractivity contribution in [3.8, 4) is 11.8 Å². The Kier molecular flexibility index (Phi) is 7.08. The van der Waals surface area contributed by atoms with Gasteiger partial charge in [-0.15, -0.1) is 0 Å². The highest BCUT2D eigenvalue weighted by atomic mass is 32.2. The average Bonchev–Trinajstić information content (AvgIpc) is 2.81. The van der Waals surface area contributed by atoms with Crippen LogP contribution in [-0.2, 0) is 21.0 Å². The quantitative estimate of drug-likeness (QED) is 0.441. The number of alkyl halides is 3. The number of amides is 1. The zero-order valence-corrected chi connectivity index (χ0v) is 18.2. The molecule has 0 N–H and O–H groups in total. The van der Waals surface area contributed by atoms with Crippen LogP contribution < -0.4 is 4.74 Å². The first-order chi connectivity index (χ1) is 15.9. The second-order valence-corrected chi connectivity index (χ2v) is 9.02. The largest absolute Gasteiger partial charge is 0.483 e. The lowest BCUT2D eigenvalue weighted by Gasteiger charge is -2.34. The van der Waals surface area contributed by atoms with E-state index < -0.39 is 50.6 Å². The Labute approximate surface area is 191 Å². The van der Waals surface area contributed by atoms with Gasteiger partial charge in [0.25, 0.3) is 11.6 Å². The first kappa shape index (κ1) is 24.9. The number of nitro benzene ring substituents is 1. The first-order valence-corrected chi connectivity index (χ1v) is 11.1. The molecule has 10 nitrogen and oxygen atoms in total. The maximum Gasteiger partial charge on any atom is 0.420 e. The average molecular weight is 498 g/mol. The summed E-state index contributed by atoms with van der Waals surface area (Å²) in [6.45, 7) is -1.02. The van der Waals surface area contributed by atoms with Crippen LogP contribution in [0.2, 0.25) is 0 Å². The van der Waals surface area contributed by atoms with Gasteiger partial charge >= 0.3 is 6.18 Å². The minimum Gasteiger partial charge on any atom is -0.483 e. The van der Waals surface area contributed by atoms with Gasteiger partial charge in [-0.1, -0.05) is 12.1 Å². The number of hydrogen-bond donors (Lipinski definition) is 0. The lowest BCUT2D eigenvalue weighted by Crippen LogP contribution is -2.51. The zero-order chi connectivity index (χ0) is 25.1. The van der Waals surface area contributed by atoms with Crippen molar-refractivity contribution in [1.82, 2.24) is 9.21 Å². The predicted molar refractivity (Wildman–Crippen MR) is 110 cm³/mol. The van der Waals surface area contributed by atoms with Crippen molar-refractivity contribution < 1.29 is 36.0 Å². The lowest BCUT2D eigenvalue weighted by atomic mass is 10.1. The van der Waals surface area contributed by atoms with Crippen LogP contribution in [0.3, 0.4) is 0 Å². The minimum absolute atomic E-state index is 0.0158. The van der Waals surface area contributed by atoms with Gasteiger partial charge in [-0.3, -0.25) is 14.9 Å². The number of nitrogens with zero attached hydrogens (tertiary/aromatic N) is 4. The summed E-state index contributed by atoms with van der Waals surface area (Å²) in [6, 6.07) is 9.44. The van der Waals surface area contributed by atoms with Gasteiger partial charge in [-0.25, -0.2) is 8.42 Å². The fourth-order valence-corrected chi connectivity index (χ4v) is 4.87. The standard InChI is InChI=1S/C20H17F3N4O6S/c21-20(22,23)16-11-15(27(29)30)5-6-17(16)33-13-19(28)25-7-9-26(10-8-25)34(31,32)18-4-2-1-3-14(18)12-24/h1-6,11H,7-10,13H2. The maximum atomic E-state index is 13.2. The van der Waals surface area contributed by atoms with E-state index in [0.717, 1.165) is 16.4 Å². The van der Waals surface area contributed by atoms with Gasteiger partial charge in [-0.2, -0.15) is 22.7 Å². The van der Waals surface area contributed by atoms with Gasteiger partial charge in [0, 0.05) is 38.3 Å². The second-order valence-electron chi connectivity index (χ2n) is 7.12. The van der Waals surface area contributed by atoms with Crippen molar-refractivity contribution in [2.24, 2.45) is 0 Å². The molecule has 0 unspecified atom stereocenters. The Balaban J connectivity index is 1.65. The van der Waals surface area contributed by atoms with Gasteiger partial charge in [0.05, 0.1) is 15.4 Å². The molecule has 3 rings (SSSR count). The summed E-state index contributed by atoms with van der Waals surface area (Å²) in [5, 5.41) is 19.9. The molecule has 0 bridgehead atoms. The molecule has 1 saturated heterocycles. The number of rotatable bonds is 6. The van der Waals surface area contributed by atoms with Crippen LogP contribution >= 0.6 is 0 Å². The minimum atomic E-state index is -4.94. The molecule has 0 saturated carbocycles. The van der Waals surface area contributed by atoms with Gasteiger partial charge in [0.2, 0.25) is 10.0 Å². The molecular formula is C20H17F3N4O6S. The van der Waals surface area contributed by atoms with Gasteiger partial charge in [0.15, 0.2) is 6.61 Å². The van der Waals surface area contributed by atoms with E-state index in [1.54, 1.807) is 0 Å². The topological polar surface area (TPSA) is 134 Å². The van der Waals surface area contributed by atoms with E-state index >= 15 is 0 Å². The Hall–Kier alpha value is -3.70. The molecule has 1 amide bonds. The Morgan fingerprint density at radius 3 is 2.38 bits per heavy atom. The number of hydrogen-bond acceptors (Lipinski definition) is 7. The van der Waals surface area contributed by atoms with Gasteiger partial charge in [0.1, 0.15) is 17.4 Å². The van der Waals surface area contributed by atoms with E-state index in [2.05, 4.69) is 0 Å². The number of nitro groups is 1. The summed E-state index contributed by atoms with van der Waals surface area (Å²) in [4.78, 5) is 23.3. The fraction of sp³-hybridized carbons (Fsp3) is 0.300. The SMILES string of the molecule is N#Cc1ccccc1S(=O)(=O)N1CCN(C(=O)COc2ccc([N+](=O)[O-])cc2C(F)(F)F)CC1. The van der Waals surface area contributed by atoms with E-state index in [1.165, 1.54) is 29.2 Å². The molecule has 1 aliphatic rings. The molecule has 14 heteroatoms. The van der Waals surface area contributed by atoms with Gasteiger partial charge in [-0.05, 0) is 18.2 Å². The van der Waals surface area contributed by atoms with E-state index in [9.17, 15) is 36.5 Å². The molecule has 2 aromatic rings. The van der Waals surface area contributed by atoms with Crippen LogP contribution in [-0.4, -0.2) is 61.2 Å². The maximum absolute atomic E-state index is 13.2. The number of halogens is 3. The van der Waals surface area contributed by atoms with Crippen molar-refractivity contribution in [2.45, 2.75) is 11.1 Å². The van der Waals surface area contributed by atoms with Crippen molar-refractivity contribution in [3.05, 3.63) is 63.7 Å². The lowest BCUT2D eigenvalue weighted by molar-refractivity contribution is -0.385. The summed E-state index contributed by atoms with van der Waals surface area (Å²) >= 11 is 0. The monoisotopic (exact) mass is 498 g/mol. The normalized spacial score (nSPS) is 14.9. The summed E-state index contributed by atoms with van der Waals surface area (Å²) in [5.41, 5.74) is -2.18.